The second-order valence-electron chi connectivity index (χ2n) is 7.01. The number of pyridine rings is 1. The number of benzene rings is 1. The summed E-state index contributed by atoms with van der Waals surface area (Å²) in [6, 6.07) is 9.09. The Hall–Kier alpha value is -2.44. The lowest BCUT2D eigenvalue weighted by Gasteiger charge is -2.29. The predicted octanol–water partition coefficient (Wildman–Crippen LogP) is 2.73. The number of aryl methyl sites for hydroxylation is 1. The van der Waals surface area contributed by atoms with Gasteiger partial charge in [0.1, 0.15) is 11.8 Å². The van der Waals surface area contributed by atoms with E-state index < -0.39 is 12.0 Å². The van der Waals surface area contributed by atoms with Crippen molar-refractivity contribution in [2.75, 3.05) is 33.3 Å². The van der Waals surface area contributed by atoms with Gasteiger partial charge in [0.2, 0.25) is 0 Å². The van der Waals surface area contributed by atoms with E-state index >= 15 is 0 Å². The fourth-order valence-corrected chi connectivity index (χ4v) is 3.71. The minimum Gasteiger partial charge on any atom is -0.496 e. The molecule has 1 aromatic heterocycles. The van der Waals surface area contributed by atoms with E-state index in [1.165, 1.54) is 5.56 Å². The molecule has 0 radical (unpaired) electrons. The predicted molar refractivity (Wildman–Crippen MR) is 104 cm³/mol. The molecule has 0 unspecified atom stereocenters. The van der Waals surface area contributed by atoms with Crippen LogP contribution in [0.4, 0.5) is 0 Å². The molecule has 1 aliphatic heterocycles. The summed E-state index contributed by atoms with van der Waals surface area (Å²) in [5.74, 6) is -0.202. The maximum absolute atomic E-state index is 12.1. The van der Waals surface area contributed by atoms with Gasteiger partial charge in [-0.1, -0.05) is 17.7 Å². The molecule has 0 saturated carbocycles. The Morgan fingerprint density at radius 1 is 1.19 bits per heavy atom. The van der Waals surface area contributed by atoms with Crippen LogP contribution >= 0.6 is 0 Å². The van der Waals surface area contributed by atoms with Gasteiger partial charge in [-0.05, 0) is 43.7 Å². The van der Waals surface area contributed by atoms with Crippen LogP contribution in [0, 0.1) is 6.92 Å². The number of aliphatic carboxylic acids is 1. The van der Waals surface area contributed by atoms with E-state index in [1.54, 1.807) is 7.11 Å². The van der Waals surface area contributed by atoms with Crippen LogP contribution in [0.2, 0.25) is 0 Å². The molecule has 0 amide bonds. The number of hydrogen-bond donors (Lipinski definition) is 1. The van der Waals surface area contributed by atoms with Crippen LogP contribution in [0.15, 0.2) is 42.7 Å². The molecule has 27 heavy (non-hydrogen) atoms. The van der Waals surface area contributed by atoms with Crippen molar-refractivity contribution in [2.24, 2.45) is 0 Å². The van der Waals surface area contributed by atoms with E-state index in [2.05, 4.69) is 14.8 Å². The van der Waals surface area contributed by atoms with Crippen molar-refractivity contribution >= 4 is 5.97 Å². The van der Waals surface area contributed by atoms with Crippen LogP contribution in [0.3, 0.4) is 0 Å². The zero-order valence-electron chi connectivity index (χ0n) is 16.0. The van der Waals surface area contributed by atoms with Gasteiger partial charge in [0.25, 0.3) is 0 Å². The monoisotopic (exact) mass is 369 g/mol. The third-order valence-corrected chi connectivity index (χ3v) is 5.06. The molecule has 6 heteroatoms. The Morgan fingerprint density at radius 3 is 2.67 bits per heavy atom. The molecule has 2 heterocycles. The van der Waals surface area contributed by atoms with Crippen molar-refractivity contribution in [2.45, 2.75) is 25.9 Å². The number of rotatable bonds is 6. The first-order chi connectivity index (χ1) is 13.1. The third kappa shape index (κ3) is 4.84. The zero-order chi connectivity index (χ0) is 19.2. The van der Waals surface area contributed by atoms with Crippen molar-refractivity contribution in [1.29, 1.82) is 0 Å². The average Bonchev–Trinajstić information content (AvgIpc) is 2.88. The summed E-state index contributed by atoms with van der Waals surface area (Å²) < 4.78 is 5.45. The Balaban J connectivity index is 1.76. The largest absolute Gasteiger partial charge is 0.496 e. The SMILES string of the molecule is COc1ccc(C)cc1[C@@H](C(=O)O)N1CCCN(Cc2ccncc2)CC1. The summed E-state index contributed by atoms with van der Waals surface area (Å²) in [5, 5.41) is 9.96. The van der Waals surface area contributed by atoms with E-state index in [9.17, 15) is 9.90 Å². The number of carboxylic acids is 1. The first-order valence-electron chi connectivity index (χ1n) is 9.31. The minimum atomic E-state index is -0.832. The Labute approximate surface area is 160 Å². The fourth-order valence-electron chi connectivity index (χ4n) is 3.71. The summed E-state index contributed by atoms with van der Waals surface area (Å²) in [6.07, 6.45) is 4.55. The van der Waals surface area contributed by atoms with Crippen molar-refractivity contribution in [3.05, 3.63) is 59.4 Å². The summed E-state index contributed by atoms with van der Waals surface area (Å²) in [7, 11) is 1.59. The quantitative estimate of drug-likeness (QED) is 0.845. The molecule has 0 spiro atoms. The van der Waals surface area contributed by atoms with Crippen molar-refractivity contribution in [1.82, 2.24) is 14.8 Å². The van der Waals surface area contributed by atoms with Crippen LogP contribution < -0.4 is 4.74 Å². The van der Waals surface area contributed by atoms with Crippen LogP contribution in [0.5, 0.6) is 5.75 Å². The number of hydrogen-bond acceptors (Lipinski definition) is 5. The molecule has 1 aromatic carbocycles. The summed E-state index contributed by atoms with van der Waals surface area (Å²) in [5.41, 5.74) is 2.99. The molecule has 3 rings (SSSR count). The number of methoxy groups -OCH3 is 1. The molecule has 1 fully saturated rings. The molecule has 1 saturated heterocycles. The second-order valence-corrected chi connectivity index (χ2v) is 7.01. The summed E-state index contributed by atoms with van der Waals surface area (Å²) >= 11 is 0. The zero-order valence-corrected chi connectivity index (χ0v) is 16.0. The van der Waals surface area contributed by atoms with Gasteiger partial charge in [-0.3, -0.25) is 19.6 Å². The smallest absolute Gasteiger partial charge is 0.325 e. The topological polar surface area (TPSA) is 65.9 Å². The van der Waals surface area contributed by atoms with Crippen molar-refractivity contribution < 1.29 is 14.6 Å². The van der Waals surface area contributed by atoms with E-state index in [1.807, 2.05) is 49.6 Å². The van der Waals surface area contributed by atoms with Gasteiger partial charge in [0.05, 0.1) is 7.11 Å². The number of aromatic nitrogens is 1. The van der Waals surface area contributed by atoms with Gasteiger partial charge in [-0.15, -0.1) is 0 Å². The number of nitrogens with zero attached hydrogens (tertiary/aromatic N) is 3. The lowest BCUT2D eigenvalue weighted by Crippen LogP contribution is -2.37. The number of carboxylic acid groups (broad SMARTS) is 1. The van der Waals surface area contributed by atoms with E-state index in [0.29, 0.717) is 12.3 Å². The normalized spacial score (nSPS) is 17.3. The Kier molecular flexibility index (Phi) is 6.42. The van der Waals surface area contributed by atoms with Crippen molar-refractivity contribution in [3.8, 4) is 5.75 Å². The molecular formula is C21H27N3O3. The van der Waals surface area contributed by atoms with Crippen LogP contribution in [-0.4, -0.2) is 59.1 Å². The van der Waals surface area contributed by atoms with Crippen LogP contribution in [0.25, 0.3) is 0 Å². The highest BCUT2D eigenvalue weighted by Gasteiger charge is 2.31. The molecule has 1 atom stereocenters. The highest BCUT2D eigenvalue weighted by molar-refractivity contribution is 5.77. The van der Waals surface area contributed by atoms with Gasteiger partial charge in [0.15, 0.2) is 0 Å². The molecule has 6 nitrogen and oxygen atoms in total. The average molecular weight is 369 g/mol. The van der Waals surface area contributed by atoms with E-state index in [4.69, 9.17) is 4.74 Å². The molecule has 0 bridgehead atoms. The van der Waals surface area contributed by atoms with E-state index in [0.717, 1.165) is 43.7 Å². The van der Waals surface area contributed by atoms with Gasteiger partial charge in [0, 0.05) is 44.1 Å². The molecular weight excluding hydrogens is 342 g/mol. The highest BCUT2D eigenvalue weighted by Crippen LogP contribution is 2.31. The number of carbonyl (C=O) groups is 1. The first kappa shape index (κ1) is 19.3. The van der Waals surface area contributed by atoms with Gasteiger partial charge in [-0.2, -0.15) is 0 Å². The molecule has 0 aliphatic carbocycles. The summed E-state index contributed by atoms with van der Waals surface area (Å²) in [6.45, 7) is 6.08. The first-order valence-corrected chi connectivity index (χ1v) is 9.31. The Morgan fingerprint density at radius 2 is 1.96 bits per heavy atom. The van der Waals surface area contributed by atoms with Gasteiger partial charge >= 0.3 is 5.97 Å². The lowest BCUT2D eigenvalue weighted by atomic mass is 10.0. The maximum Gasteiger partial charge on any atom is 0.325 e. The molecule has 1 aliphatic rings. The lowest BCUT2D eigenvalue weighted by molar-refractivity contribution is -0.143. The second kappa shape index (κ2) is 8.97. The van der Waals surface area contributed by atoms with Gasteiger partial charge < -0.3 is 9.84 Å². The molecule has 2 aromatic rings. The third-order valence-electron chi connectivity index (χ3n) is 5.06. The maximum atomic E-state index is 12.1. The highest BCUT2D eigenvalue weighted by atomic mass is 16.5. The van der Waals surface area contributed by atoms with Crippen LogP contribution in [-0.2, 0) is 11.3 Å². The van der Waals surface area contributed by atoms with Gasteiger partial charge in [-0.25, -0.2) is 0 Å². The minimum absolute atomic E-state index is 0.630. The fraction of sp³-hybridized carbons (Fsp3) is 0.429. The van der Waals surface area contributed by atoms with Crippen LogP contribution in [0.1, 0.15) is 29.2 Å². The summed E-state index contributed by atoms with van der Waals surface area (Å²) in [4.78, 5) is 20.6. The number of ether oxygens (including phenoxy) is 1. The standard InChI is InChI=1S/C21H27N3O3/c1-16-4-5-19(27-2)18(14-16)20(21(25)26)24-11-3-10-23(12-13-24)15-17-6-8-22-9-7-17/h4-9,14,20H,3,10-13,15H2,1-2H3,(H,25,26)/t20-/m0/s1. The Bertz CT molecular complexity index is 767. The molecule has 1 N–H and O–H groups in total. The molecule has 144 valence electrons. The van der Waals surface area contributed by atoms with E-state index in [-0.39, 0.29) is 0 Å². The van der Waals surface area contributed by atoms with Crippen molar-refractivity contribution in [3.63, 3.8) is 0 Å².